The molecule has 0 spiro atoms. The molecule has 2 amide bonds. The molecule has 1 fully saturated rings. The molecular formula is C12H13FN2O3. The van der Waals surface area contributed by atoms with Crippen LogP contribution in [-0.2, 0) is 4.79 Å². The summed E-state index contributed by atoms with van der Waals surface area (Å²) in [7, 11) is 1.36. The lowest BCUT2D eigenvalue weighted by Gasteiger charge is -2.26. The Labute approximate surface area is 104 Å². The summed E-state index contributed by atoms with van der Waals surface area (Å²) in [6.45, 7) is 0.855. The van der Waals surface area contributed by atoms with Crippen LogP contribution in [0.4, 0.5) is 4.39 Å². The molecule has 1 aliphatic heterocycles. The van der Waals surface area contributed by atoms with Gasteiger partial charge in [-0.2, -0.15) is 0 Å². The number of methoxy groups -OCH3 is 1. The molecular weight excluding hydrogens is 239 g/mol. The number of piperazine rings is 1. The van der Waals surface area contributed by atoms with Gasteiger partial charge in [0, 0.05) is 18.7 Å². The third kappa shape index (κ3) is 2.42. The van der Waals surface area contributed by atoms with Gasteiger partial charge >= 0.3 is 0 Å². The molecule has 1 heterocycles. The predicted octanol–water partition coefficient (Wildman–Crippen LogP) is 0.406. The number of rotatable bonds is 2. The first-order chi connectivity index (χ1) is 8.61. The lowest BCUT2D eigenvalue weighted by molar-refractivity contribution is -0.123. The predicted molar refractivity (Wildman–Crippen MR) is 61.9 cm³/mol. The van der Waals surface area contributed by atoms with E-state index >= 15 is 0 Å². The molecule has 1 aliphatic rings. The van der Waals surface area contributed by atoms with Crippen LogP contribution >= 0.6 is 0 Å². The first-order valence-corrected chi connectivity index (χ1v) is 5.51. The summed E-state index contributed by atoms with van der Waals surface area (Å²) >= 11 is 0. The van der Waals surface area contributed by atoms with Crippen LogP contribution in [0.15, 0.2) is 18.2 Å². The molecule has 1 saturated heterocycles. The molecule has 18 heavy (non-hydrogen) atoms. The van der Waals surface area contributed by atoms with Crippen LogP contribution in [0, 0.1) is 5.82 Å². The van der Waals surface area contributed by atoms with Gasteiger partial charge in [-0.25, -0.2) is 4.39 Å². The van der Waals surface area contributed by atoms with E-state index in [4.69, 9.17) is 4.74 Å². The van der Waals surface area contributed by atoms with Crippen molar-refractivity contribution in [2.75, 3.05) is 26.7 Å². The number of nitrogens with zero attached hydrogens (tertiary/aromatic N) is 1. The van der Waals surface area contributed by atoms with Crippen LogP contribution in [0.1, 0.15) is 10.4 Å². The van der Waals surface area contributed by atoms with Gasteiger partial charge in [-0.1, -0.05) is 0 Å². The van der Waals surface area contributed by atoms with E-state index in [1.807, 2.05) is 0 Å². The topological polar surface area (TPSA) is 58.6 Å². The van der Waals surface area contributed by atoms with Gasteiger partial charge < -0.3 is 15.0 Å². The lowest BCUT2D eigenvalue weighted by Crippen LogP contribution is -2.49. The number of hydrogen-bond donors (Lipinski definition) is 1. The average Bonchev–Trinajstić information content (AvgIpc) is 2.37. The third-order valence-electron chi connectivity index (χ3n) is 2.72. The first-order valence-electron chi connectivity index (χ1n) is 5.51. The van der Waals surface area contributed by atoms with Crippen molar-refractivity contribution in [2.45, 2.75) is 0 Å². The van der Waals surface area contributed by atoms with Crippen LogP contribution in [-0.4, -0.2) is 43.5 Å². The van der Waals surface area contributed by atoms with Gasteiger partial charge in [-0.15, -0.1) is 0 Å². The van der Waals surface area contributed by atoms with E-state index in [-0.39, 0.29) is 29.7 Å². The monoisotopic (exact) mass is 252 g/mol. The van der Waals surface area contributed by atoms with Gasteiger partial charge in [-0.05, 0) is 18.2 Å². The maximum atomic E-state index is 13.5. The Kier molecular flexibility index (Phi) is 3.45. The standard InChI is InChI=1S/C12H13FN2O3/c1-18-10-3-2-8(6-9(10)13)12(17)15-5-4-14-11(16)7-15/h2-3,6H,4-5,7H2,1H3,(H,14,16). The maximum Gasteiger partial charge on any atom is 0.254 e. The summed E-state index contributed by atoms with van der Waals surface area (Å²) in [6, 6.07) is 4.00. The van der Waals surface area contributed by atoms with Gasteiger partial charge in [0.1, 0.15) is 0 Å². The largest absolute Gasteiger partial charge is 0.494 e. The minimum atomic E-state index is -0.593. The molecule has 0 aliphatic carbocycles. The zero-order chi connectivity index (χ0) is 13.1. The fourth-order valence-corrected chi connectivity index (χ4v) is 1.79. The highest BCUT2D eigenvalue weighted by molar-refractivity contribution is 5.97. The molecule has 1 aromatic carbocycles. The van der Waals surface area contributed by atoms with Crippen molar-refractivity contribution < 1.29 is 18.7 Å². The molecule has 2 rings (SSSR count). The highest BCUT2D eigenvalue weighted by atomic mass is 19.1. The Bertz CT molecular complexity index is 490. The number of benzene rings is 1. The van der Waals surface area contributed by atoms with E-state index in [0.29, 0.717) is 13.1 Å². The quantitative estimate of drug-likeness (QED) is 0.829. The summed E-state index contributed by atoms with van der Waals surface area (Å²) in [4.78, 5) is 24.6. The minimum absolute atomic E-state index is 0.00643. The van der Waals surface area contributed by atoms with Crippen LogP contribution in [0.2, 0.25) is 0 Å². The molecule has 1 aromatic rings. The van der Waals surface area contributed by atoms with Gasteiger partial charge in [-0.3, -0.25) is 9.59 Å². The number of carbonyl (C=O) groups excluding carboxylic acids is 2. The Morgan fingerprint density at radius 3 is 2.89 bits per heavy atom. The van der Waals surface area contributed by atoms with E-state index in [2.05, 4.69) is 5.32 Å². The molecule has 0 unspecified atom stereocenters. The molecule has 5 nitrogen and oxygen atoms in total. The Morgan fingerprint density at radius 2 is 2.28 bits per heavy atom. The fourth-order valence-electron chi connectivity index (χ4n) is 1.79. The number of hydrogen-bond acceptors (Lipinski definition) is 3. The Morgan fingerprint density at radius 1 is 1.50 bits per heavy atom. The van der Waals surface area contributed by atoms with E-state index in [1.165, 1.54) is 24.1 Å². The summed E-state index contributed by atoms with van der Waals surface area (Å²) in [5.41, 5.74) is 0.211. The summed E-state index contributed by atoms with van der Waals surface area (Å²) in [5, 5.41) is 2.62. The van der Waals surface area contributed by atoms with Crippen molar-refractivity contribution in [3.8, 4) is 5.75 Å². The lowest BCUT2D eigenvalue weighted by atomic mass is 10.1. The number of nitrogens with one attached hydrogen (secondary N) is 1. The molecule has 0 bridgehead atoms. The van der Waals surface area contributed by atoms with Crippen molar-refractivity contribution in [1.82, 2.24) is 10.2 Å². The van der Waals surface area contributed by atoms with E-state index in [1.54, 1.807) is 0 Å². The molecule has 0 atom stereocenters. The second kappa shape index (κ2) is 5.03. The van der Waals surface area contributed by atoms with Crippen molar-refractivity contribution in [3.05, 3.63) is 29.6 Å². The molecule has 0 aromatic heterocycles. The smallest absolute Gasteiger partial charge is 0.254 e. The van der Waals surface area contributed by atoms with Crippen molar-refractivity contribution in [1.29, 1.82) is 0 Å². The Balaban J connectivity index is 2.18. The molecule has 96 valence electrons. The van der Waals surface area contributed by atoms with E-state index in [0.717, 1.165) is 6.07 Å². The summed E-state index contributed by atoms with van der Waals surface area (Å²) in [5.74, 6) is -1.07. The van der Waals surface area contributed by atoms with Crippen LogP contribution < -0.4 is 10.1 Å². The second-order valence-electron chi connectivity index (χ2n) is 3.93. The first kappa shape index (κ1) is 12.3. The third-order valence-corrected chi connectivity index (χ3v) is 2.72. The van der Waals surface area contributed by atoms with E-state index in [9.17, 15) is 14.0 Å². The van der Waals surface area contributed by atoms with Gasteiger partial charge in [0.15, 0.2) is 11.6 Å². The molecule has 1 N–H and O–H groups in total. The number of carbonyl (C=O) groups is 2. The van der Waals surface area contributed by atoms with Crippen LogP contribution in [0.25, 0.3) is 0 Å². The highest BCUT2D eigenvalue weighted by Gasteiger charge is 2.22. The average molecular weight is 252 g/mol. The van der Waals surface area contributed by atoms with E-state index < -0.39 is 5.82 Å². The number of amides is 2. The zero-order valence-corrected chi connectivity index (χ0v) is 9.90. The van der Waals surface area contributed by atoms with Crippen molar-refractivity contribution in [3.63, 3.8) is 0 Å². The van der Waals surface area contributed by atoms with Gasteiger partial charge in [0.2, 0.25) is 5.91 Å². The summed E-state index contributed by atoms with van der Waals surface area (Å²) < 4.78 is 18.3. The fraction of sp³-hybridized carbons (Fsp3) is 0.333. The Hall–Kier alpha value is -2.11. The normalized spacial score (nSPS) is 15.2. The maximum absolute atomic E-state index is 13.5. The molecule has 6 heteroatoms. The molecule has 0 radical (unpaired) electrons. The number of halogens is 1. The van der Waals surface area contributed by atoms with Gasteiger partial charge in [0.05, 0.1) is 13.7 Å². The minimum Gasteiger partial charge on any atom is -0.494 e. The number of ether oxygens (including phenoxy) is 1. The highest BCUT2D eigenvalue weighted by Crippen LogP contribution is 2.18. The zero-order valence-electron chi connectivity index (χ0n) is 9.90. The van der Waals surface area contributed by atoms with Crippen LogP contribution in [0.3, 0.4) is 0 Å². The van der Waals surface area contributed by atoms with Crippen molar-refractivity contribution in [2.24, 2.45) is 0 Å². The molecule has 0 saturated carbocycles. The van der Waals surface area contributed by atoms with Gasteiger partial charge in [0.25, 0.3) is 5.91 Å². The second-order valence-corrected chi connectivity index (χ2v) is 3.93. The summed E-state index contributed by atoms with van der Waals surface area (Å²) in [6.07, 6.45) is 0. The van der Waals surface area contributed by atoms with Crippen molar-refractivity contribution >= 4 is 11.8 Å². The SMILES string of the molecule is COc1ccc(C(=O)N2CCNC(=O)C2)cc1F. The van der Waals surface area contributed by atoms with Crippen LogP contribution in [0.5, 0.6) is 5.75 Å².